The topological polar surface area (TPSA) is 38.3 Å². The Labute approximate surface area is 146 Å². The molecular formula is C20H19NO2S. The summed E-state index contributed by atoms with van der Waals surface area (Å²) in [5.41, 5.74) is 0.809. The quantitative estimate of drug-likeness (QED) is 0.668. The minimum absolute atomic E-state index is 0.163. The van der Waals surface area contributed by atoms with Gasteiger partial charge in [-0.25, -0.2) is 0 Å². The molecule has 1 N–H and O–H groups in total. The molecule has 0 fully saturated rings. The second-order valence-electron chi connectivity index (χ2n) is 5.43. The van der Waals surface area contributed by atoms with Crippen molar-refractivity contribution in [3.8, 4) is 5.75 Å². The van der Waals surface area contributed by atoms with Crippen LogP contribution in [0.15, 0.2) is 71.6 Å². The van der Waals surface area contributed by atoms with Gasteiger partial charge in [0.25, 0.3) is 5.91 Å². The molecule has 0 aliphatic heterocycles. The van der Waals surface area contributed by atoms with E-state index >= 15 is 0 Å². The van der Waals surface area contributed by atoms with E-state index in [4.69, 9.17) is 4.74 Å². The van der Waals surface area contributed by atoms with Crippen LogP contribution in [-0.2, 0) is 4.79 Å². The molecule has 0 aromatic heterocycles. The van der Waals surface area contributed by atoms with Crippen molar-refractivity contribution in [2.45, 2.75) is 17.9 Å². The van der Waals surface area contributed by atoms with Crippen LogP contribution < -0.4 is 10.1 Å². The van der Waals surface area contributed by atoms with Gasteiger partial charge in [-0.1, -0.05) is 48.5 Å². The molecule has 3 aromatic rings. The monoisotopic (exact) mass is 337 g/mol. The summed E-state index contributed by atoms with van der Waals surface area (Å²) in [6.07, 6.45) is 1.40. The minimum Gasteiger partial charge on any atom is -0.480 e. The van der Waals surface area contributed by atoms with Crippen LogP contribution in [0.25, 0.3) is 10.8 Å². The zero-order valence-electron chi connectivity index (χ0n) is 13.7. The molecule has 0 aliphatic rings. The molecule has 3 nitrogen and oxygen atoms in total. The van der Waals surface area contributed by atoms with Crippen molar-refractivity contribution in [1.82, 2.24) is 0 Å². The maximum Gasteiger partial charge on any atom is 0.265 e. The van der Waals surface area contributed by atoms with Gasteiger partial charge in [0.05, 0.1) is 5.69 Å². The molecule has 0 radical (unpaired) electrons. The number of thioether (sulfide) groups is 1. The number of amides is 1. The van der Waals surface area contributed by atoms with Gasteiger partial charge >= 0.3 is 0 Å². The van der Waals surface area contributed by atoms with Crippen LogP contribution in [0.1, 0.15) is 6.92 Å². The Morgan fingerprint density at radius 3 is 2.54 bits per heavy atom. The van der Waals surface area contributed by atoms with Crippen LogP contribution in [0, 0.1) is 0 Å². The third-order valence-electron chi connectivity index (χ3n) is 3.79. The standard InChI is InChI=1S/C20H19NO2S/c1-14(20(22)21-17-11-5-6-13-19(17)24-2)23-18-12-7-9-15-8-3-4-10-16(15)18/h3-14H,1-2H3,(H,21,22)/t14-/m1/s1. The lowest BCUT2D eigenvalue weighted by atomic mass is 10.1. The molecule has 0 aliphatic carbocycles. The highest BCUT2D eigenvalue weighted by Gasteiger charge is 2.17. The van der Waals surface area contributed by atoms with E-state index in [0.29, 0.717) is 5.75 Å². The van der Waals surface area contributed by atoms with Crippen molar-refractivity contribution in [2.24, 2.45) is 0 Å². The smallest absolute Gasteiger partial charge is 0.265 e. The van der Waals surface area contributed by atoms with E-state index in [1.165, 1.54) is 0 Å². The van der Waals surface area contributed by atoms with Gasteiger partial charge in [-0.05, 0) is 36.8 Å². The summed E-state index contributed by atoms with van der Waals surface area (Å²) in [6, 6.07) is 21.6. The Balaban J connectivity index is 1.76. The summed E-state index contributed by atoms with van der Waals surface area (Å²) >= 11 is 1.60. The number of ether oxygens (including phenoxy) is 1. The summed E-state index contributed by atoms with van der Waals surface area (Å²) in [7, 11) is 0. The van der Waals surface area contributed by atoms with Crippen LogP contribution in [-0.4, -0.2) is 18.3 Å². The molecule has 1 amide bonds. The van der Waals surface area contributed by atoms with Gasteiger partial charge in [0, 0.05) is 10.3 Å². The van der Waals surface area contributed by atoms with Crippen LogP contribution in [0.2, 0.25) is 0 Å². The molecule has 0 heterocycles. The van der Waals surface area contributed by atoms with Crippen LogP contribution in [0.3, 0.4) is 0 Å². The number of rotatable bonds is 5. The predicted molar refractivity (Wildman–Crippen MR) is 101 cm³/mol. The summed E-state index contributed by atoms with van der Waals surface area (Å²) in [5.74, 6) is 0.554. The highest BCUT2D eigenvalue weighted by atomic mass is 32.2. The van der Waals surface area contributed by atoms with Gasteiger partial charge in [-0.3, -0.25) is 4.79 Å². The largest absolute Gasteiger partial charge is 0.480 e. The van der Waals surface area contributed by atoms with E-state index in [2.05, 4.69) is 5.32 Å². The van der Waals surface area contributed by atoms with E-state index in [9.17, 15) is 4.79 Å². The fourth-order valence-electron chi connectivity index (χ4n) is 2.52. The number of carbonyl (C=O) groups is 1. The average molecular weight is 337 g/mol. The Morgan fingerprint density at radius 1 is 1.00 bits per heavy atom. The number of nitrogens with one attached hydrogen (secondary N) is 1. The molecule has 24 heavy (non-hydrogen) atoms. The molecule has 3 aromatic carbocycles. The molecular weight excluding hydrogens is 318 g/mol. The fourth-order valence-corrected chi connectivity index (χ4v) is 3.08. The number of fused-ring (bicyclic) bond motifs is 1. The van der Waals surface area contributed by atoms with Gasteiger partial charge in [0.1, 0.15) is 5.75 Å². The lowest BCUT2D eigenvalue weighted by Gasteiger charge is -2.17. The van der Waals surface area contributed by atoms with Crippen molar-refractivity contribution < 1.29 is 9.53 Å². The van der Waals surface area contributed by atoms with Crippen LogP contribution in [0.4, 0.5) is 5.69 Å². The van der Waals surface area contributed by atoms with Crippen LogP contribution >= 0.6 is 11.8 Å². The summed E-state index contributed by atoms with van der Waals surface area (Å²) in [6.45, 7) is 1.76. The van der Waals surface area contributed by atoms with Gasteiger partial charge < -0.3 is 10.1 Å². The summed E-state index contributed by atoms with van der Waals surface area (Å²) in [4.78, 5) is 13.5. The molecule has 0 bridgehead atoms. The molecule has 0 spiro atoms. The van der Waals surface area contributed by atoms with E-state index in [-0.39, 0.29) is 5.91 Å². The van der Waals surface area contributed by atoms with Crippen LogP contribution in [0.5, 0.6) is 5.75 Å². The predicted octanol–water partition coefficient (Wildman–Crippen LogP) is 4.97. The average Bonchev–Trinajstić information content (AvgIpc) is 2.62. The number of hydrogen-bond acceptors (Lipinski definition) is 3. The highest BCUT2D eigenvalue weighted by Crippen LogP contribution is 2.27. The highest BCUT2D eigenvalue weighted by molar-refractivity contribution is 7.98. The molecule has 0 saturated heterocycles. The van der Waals surface area contributed by atoms with Crippen molar-refractivity contribution in [2.75, 3.05) is 11.6 Å². The maximum atomic E-state index is 12.5. The first kappa shape index (κ1) is 16.4. The number of para-hydroxylation sites is 1. The third-order valence-corrected chi connectivity index (χ3v) is 4.58. The summed E-state index contributed by atoms with van der Waals surface area (Å²) in [5, 5.41) is 5.04. The van der Waals surface area contributed by atoms with E-state index in [1.807, 2.05) is 73.0 Å². The molecule has 4 heteroatoms. The summed E-state index contributed by atoms with van der Waals surface area (Å²) < 4.78 is 5.92. The molecule has 122 valence electrons. The van der Waals surface area contributed by atoms with Crippen molar-refractivity contribution in [1.29, 1.82) is 0 Å². The lowest BCUT2D eigenvalue weighted by Crippen LogP contribution is -2.30. The first-order valence-electron chi connectivity index (χ1n) is 7.77. The van der Waals surface area contributed by atoms with E-state index in [0.717, 1.165) is 21.4 Å². The van der Waals surface area contributed by atoms with Crippen molar-refractivity contribution in [3.63, 3.8) is 0 Å². The number of carbonyl (C=O) groups excluding carboxylic acids is 1. The number of anilines is 1. The SMILES string of the molecule is CSc1ccccc1NC(=O)[C@@H](C)Oc1cccc2ccccc12. The second kappa shape index (κ2) is 7.41. The Hall–Kier alpha value is -2.46. The zero-order chi connectivity index (χ0) is 16.9. The maximum absolute atomic E-state index is 12.5. The number of hydrogen-bond donors (Lipinski definition) is 1. The van der Waals surface area contributed by atoms with Crippen molar-refractivity contribution >= 4 is 34.1 Å². The van der Waals surface area contributed by atoms with Gasteiger partial charge in [0.15, 0.2) is 6.10 Å². The zero-order valence-corrected chi connectivity index (χ0v) is 14.5. The Bertz CT molecular complexity index is 858. The first-order chi connectivity index (χ1) is 11.7. The Morgan fingerprint density at radius 2 is 1.71 bits per heavy atom. The number of benzene rings is 3. The molecule has 0 saturated carbocycles. The van der Waals surface area contributed by atoms with E-state index < -0.39 is 6.10 Å². The second-order valence-corrected chi connectivity index (χ2v) is 6.27. The minimum atomic E-state index is -0.592. The van der Waals surface area contributed by atoms with Gasteiger partial charge in [-0.2, -0.15) is 0 Å². The normalized spacial score (nSPS) is 11.9. The van der Waals surface area contributed by atoms with Gasteiger partial charge in [0.2, 0.25) is 0 Å². The van der Waals surface area contributed by atoms with Gasteiger partial charge in [-0.15, -0.1) is 11.8 Å². The third kappa shape index (κ3) is 3.54. The lowest BCUT2D eigenvalue weighted by molar-refractivity contribution is -0.122. The molecule has 0 unspecified atom stereocenters. The molecule has 1 atom stereocenters. The molecule has 3 rings (SSSR count). The van der Waals surface area contributed by atoms with E-state index in [1.54, 1.807) is 18.7 Å². The van der Waals surface area contributed by atoms with Crippen molar-refractivity contribution in [3.05, 3.63) is 66.7 Å². The Kier molecular flexibility index (Phi) is 5.06. The fraction of sp³-hybridized carbons (Fsp3) is 0.150. The first-order valence-corrected chi connectivity index (χ1v) is 9.00.